The maximum Gasteiger partial charge on any atom is 0.330 e. The van der Waals surface area contributed by atoms with E-state index in [1.807, 2.05) is 27.7 Å². The Hall–Kier alpha value is -1.74. The molecule has 1 fully saturated rings. The van der Waals surface area contributed by atoms with Crippen LogP contribution in [0.1, 0.15) is 27.7 Å². The van der Waals surface area contributed by atoms with Gasteiger partial charge >= 0.3 is 11.9 Å². The lowest BCUT2D eigenvalue weighted by molar-refractivity contribution is -0.287. The molecule has 0 unspecified atom stereocenters. The van der Waals surface area contributed by atoms with Crippen LogP contribution >= 0.6 is 0 Å². The van der Waals surface area contributed by atoms with Crippen molar-refractivity contribution in [2.75, 3.05) is 53.4 Å². The molecule has 172 valence electrons. The van der Waals surface area contributed by atoms with Crippen molar-refractivity contribution in [2.24, 2.45) is 16.2 Å². The van der Waals surface area contributed by atoms with Crippen molar-refractivity contribution in [1.82, 2.24) is 0 Å². The summed E-state index contributed by atoms with van der Waals surface area (Å²) in [6, 6.07) is 0. The van der Waals surface area contributed by atoms with Gasteiger partial charge in [-0.25, -0.2) is 9.59 Å². The van der Waals surface area contributed by atoms with E-state index in [0.29, 0.717) is 33.0 Å². The molecular weight excluding hydrogens is 392 g/mol. The number of hydrogen-bond acceptors (Lipinski definition) is 8. The van der Waals surface area contributed by atoms with Gasteiger partial charge in [0.1, 0.15) is 6.61 Å². The largest absolute Gasteiger partial charge is 0.462 e. The Morgan fingerprint density at radius 3 is 2.00 bits per heavy atom. The van der Waals surface area contributed by atoms with Crippen LogP contribution in [0.3, 0.4) is 0 Å². The summed E-state index contributed by atoms with van der Waals surface area (Å²) in [7, 11) is 1.62. The van der Waals surface area contributed by atoms with Gasteiger partial charge in [-0.2, -0.15) is 0 Å². The summed E-state index contributed by atoms with van der Waals surface area (Å²) >= 11 is 0. The second kappa shape index (κ2) is 11.6. The first-order valence-corrected chi connectivity index (χ1v) is 9.87. The van der Waals surface area contributed by atoms with Gasteiger partial charge in [-0.3, -0.25) is 0 Å². The minimum Gasteiger partial charge on any atom is -0.462 e. The van der Waals surface area contributed by atoms with Crippen molar-refractivity contribution in [3.05, 3.63) is 25.3 Å². The molecule has 1 saturated heterocycles. The molecule has 1 aliphatic heterocycles. The van der Waals surface area contributed by atoms with Crippen LogP contribution < -0.4 is 0 Å². The van der Waals surface area contributed by atoms with E-state index in [4.69, 9.17) is 28.4 Å². The molecule has 0 atom stereocenters. The van der Waals surface area contributed by atoms with E-state index >= 15 is 0 Å². The van der Waals surface area contributed by atoms with E-state index in [-0.39, 0.29) is 18.6 Å². The maximum atomic E-state index is 11.3. The van der Waals surface area contributed by atoms with Crippen LogP contribution in [0.25, 0.3) is 0 Å². The Morgan fingerprint density at radius 2 is 1.50 bits per heavy atom. The molecule has 0 aromatic carbocycles. The Balaban J connectivity index is 2.58. The van der Waals surface area contributed by atoms with Crippen molar-refractivity contribution < 1.29 is 38.0 Å². The average molecular weight is 429 g/mol. The van der Waals surface area contributed by atoms with Gasteiger partial charge in [0.25, 0.3) is 0 Å². The first kappa shape index (κ1) is 26.3. The fourth-order valence-electron chi connectivity index (χ4n) is 2.86. The van der Waals surface area contributed by atoms with Gasteiger partial charge < -0.3 is 28.4 Å². The molecule has 0 amide bonds. The Kier molecular flexibility index (Phi) is 10.2. The highest BCUT2D eigenvalue weighted by atomic mass is 16.7. The summed E-state index contributed by atoms with van der Waals surface area (Å²) in [6.07, 6.45) is 1.73. The molecule has 8 nitrogen and oxygen atoms in total. The normalized spacial score (nSPS) is 22.2. The summed E-state index contributed by atoms with van der Waals surface area (Å²) in [5, 5.41) is 0. The summed E-state index contributed by atoms with van der Waals surface area (Å²) in [5.74, 6) is -0.942. The molecule has 0 N–H and O–H groups in total. The summed E-state index contributed by atoms with van der Waals surface area (Å²) in [4.78, 5) is 22.6. The molecule has 0 radical (unpaired) electrons. The predicted octanol–water partition coefficient (Wildman–Crippen LogP) is 2.52. The molecular formula is C22H36O8. The van der Waals surface area contributed by atoms with Crippen LogP contribution in [0.15, 0.2) is 25.3 Å². The number of ether oxygens (including phenoxy) is 6. The summed E-state index contributed by atoms with van der Waals surface area (Å²) in [6.45, 7) is 16.7. The average Bonchev–Trinajstić information content (AvgIpc) is 2.70. The number of carbonyl (C=O) groups is 2. The van der Waals surface area contributed by atoms with Crippen LogP contribution in [0, 0.1) is 16.2 Å². The van der Waals surface area contributed by atoms with Crippen LogP contribution in [0.2, 0.25) is 0 Å². The third-order valence-electron chi connectivity index (χ3n) is 4.60. The minimum absolute atomic E-state index is 0.147. The van der Waals surface area contributed by atoms with Crippen LogP contribution in [0.5, 0.6) is 0 Å². The standard InChI is InChI=1S/C22H36O8/c1-8-17(23)27-11-20(3,4)10-26-14-22(13-25-7)15-29-19(30-16-22)21(5,6)12-28-18(24)9-2/h8-9,19H,1-2,10-16H2,3-7H3. The highest BCUT2D eigenvalue weighted by molar-refractivity contribution is 5.81. The molecule has 0 aliphatic carbocycles. The third kappa shape index (κ3) is 8.55. The highest BCUT2D eigenvalue weighted by Crippen LogP contribution is 2.34. The first-order chi connectivity index (χ1) is 14.0. The van der Waals surface area contributed by atoms with Gasteiger partial charge in [0, 0.05) is 30.1 Å². The number of methoxy groups -OCH3 is 1. The molecule has 0 saturated carbocycles. The third-order valence-corrected chi connectivity index (χ3v) is 4.60. The van der Waals surface area contributed by atoms with Crippen molar-refractivity contribution >= 4 is 11.9 Å². The molecule has 1 aliphatic rings. The highest BCUT2D eigenvalue weighted by Gasteiger charge is 2.43. The maximum absolute atomic E-state index is 11.3. The van der Waals surface area contributed by atoms with E-state index in [0.717, 1.165) is 12.2 Å². The topological polar surface area (TPSA) is 89.5 Å². The Labute approximate surface area is 179 Å². The van der Waals surface area contributed by atoms with E-state index in [2.05, 4.69) is 13.2 Å². The molecule has 8 heteroatoms. The van der Waals surface area contributed by atoms with Gasteiger partial charge in [-0.15, -0.1) is 0 Å². The zero-order chi connectivity index (χ0) is 22.8. The monoisotopic (exact) mass is 428 g/mol. The number of rotatable bonds is 13. The van der Waals surface area contributed by atoms with E-state index < -0.39 is 29.1 Å². The molecule has 0 aromatic rings. The van der Waals surface area contributed by atoms with Crippen LogP contribution in [-0.4, -0.2) is 71.6 Å². The first-order valence-electron chi connectivity index (χ1n) is 9.87. The molecule has 0 spiro atoms. The van der Waals surface area contributed by atoms with Crippen LogP contribution in [0.4, 0.5) is 0 Å². The second-order valence-electron chi connectivity index (χ2n) is 9.16. The molecule has 0 bridgehead atoms. The molecule has 0 aromatic heterocycles. The molecule has 30 heavy (non-hydrogen) atoms. The number of carbonyl (C=O) groups excluding carboxylic acids is 2. The van der Waals surface area contributed by atoms with Crippen molar-refractivity contribution in [2.45, 2.75) is 34.0 Å². The quantitative estimate of drug-likeness (QED) is 0.327. The van der Waals surface area contributed by atoms with Crippen molar-refractivity contribution in [1.29, 1.82) is 0 Å². The van der Waals surface area contributed by atoms with Gasteiger partial charge in [0.05, 0.1) is 45.1 Å². The Bertz CT molecular complexity index is 582. The SMILES string of the molecule is C=CC(=O)OCC(C)(C)COCC1(COC)COC(C(C)(C)COC(=O)C=C)OC1. The number of esters is 2. The molecule has 1 rings (SSSR count). The molecule has 1 heterocycles. The van der Waals surface area contributed by atoms with Gasteiger partial charge in [-0.1, -0.05) is 40.9 Å². The summed E-state index contributed by atoms with van der Waals surface area (Å²) in [5.41, 5.74) is -1.36. The van der Waals surface area contributed by atoms with Crippen molar-refractivity contribution in [3.63, 3.8) is 0 Å². The van der Waals surface area contributed by atoms with E-state index in [1.165, 1.54) is 0 Å². The van der Waals surface area contributed by atoms with Crippen molar-refractivity contribution in [3.8, 4) is 0 Å². The van der Waals surface area contributed by atoms with Gasteiger partial charge in [0.15, 0.2) is 6.29 Å². The fraction of sp³-hybridized carbons (Fsp3) is 0.727. The lowest BCUT2D eigenvalue weighted by Gasteiger charge is -2.44. The minimum atomic E-state index is -0.533. The Morgan fingerprint density at radius 1 is 0.967 bits per heavy atom. The lowest BCUT2D eigenvalue weighted by Crippen LogP contribution is -2.52. The fourth-order valence-corrected chi connectivity index (χ4v) is 2.86. The smallest absolute Gasteiger partial charge is 0.330 e. The van der Waals surface area contributed by atoms with E-state index in [9.17, 15) is 9.59 Å². The zero-order valence-corrected chi connectivity index (χ0v) is 18.9. The van der Waals surface area contributed by atoms with Gasteiger partial charge in [0.2, 0.25) is 0 Å². The van der Waals surface area contributed by atoms with Crippen LogP contribution in [-0.2, 0) is 38.0 Å². The van der Waals surface area contributed by atoms with E-state index in [1.54, 1.807) is 7.11 Å². The number of hydrogen-bond donors (Lipinski definition) is 0. The predicted molar refractivity (Wildman–Crippen MR) is 111 cm³/mol. The summed E-state index contributed by atoms with van der Waals surface area (Å²) < 4.78 is 33.5. The zero-order valence-electron chi connectivity index (χ0n) is 18.9. The lowest BCUT2D eigenvalue weighted by atomic mass is 9.88. The second-order valence-corrected chi connectivity index (χ2v) is 9.16. The van der Waals surface area contributed by atoms with Gasteiger partial charge in [-0.05, 0) is 0 Å².